The number of aromatic nitrogens is 4. The van der Waals surface area contributed by atoms with Gasteiger partial charge in [-0.05, 0) is 12.1 Å². The summed E-state index contributed by atoms with van der Waals surface area (Å²) in [4.78, 5) is 4.92. The van der Waals surface area contributed by atoms with Crippen molar-refractivity contribution in [1.29, 1.82) is 0 Å². The van der Waals surface area contributed by atoms with Gasteiger partial charge in [-0.25, -0.2) is 4.99 Å². The Morgan fingerprint density at radius 3 is 2.71 bits per heavy atom. The van der Waals surface area contributed by atoms with Crippen molar-refractivity contribution in [3.05, 3.63) is 36.2 Å². The van der Waals surface area contributed by atoms with E-state index in [0.717, 1.165) is 4.91 Å². The van der Waals surface area contributed by atoms with Gasteiger partial charge < -0.3 is 5.11 Å². The van der Waals surface area contributed by atoms with Gasteiger partial charge in [0.15, 0.2) is 0 Å². The van der Waals surface area contributed by atoms with Gasteiger partial charge in [0, 0.05) is 6.92 Å². The summed E-state index contributed by atoms with van der Waals surface area (Å²) < 4.78 is 1.54. The molecule has 0 aliphatic heterocycles. The zero-order chi connectivity index (χ0) is 12.3. The summed E-state index contributed by atoms with van der Waals surface area (Å²) in [5.41, 5.74) is 3.00. The van der Waals surface area contributed by atoms with Gasteiger partial charge in [0.1, 0.15) is 0 Å². The van der Waals surface area contributed by atoms with Gasteiger partial charge in [0.05, 0.1) is 34.0 Å². The highest BCUT2D eigenvalue weighted by Gasteiger charge is 2.09. The van der Waals surface area contributed by atoms with Gasteiger partial charge in [-0.15, -0.1) is 4.68 Å². The fourth-order valence-electron chi connectivity index (χ4n) is 1.19. The normalized spacial score (nSPS) is 11.5. The lowest BCUT2D eigenvalue weighted by Gasteiger charge is -2.06. The van der Waals surface area contributed by atoms with Crippen LogP contribution in [-0.4, -0.2) is 21.2 Å². The second-order valence-electron chi connectivity index (χ2n) is 3.41. The summed E-state index contributed by atoms with van der Waals surface area (Å²) >= 11 is 0. The van der Waals surface area contributed by atoms with Gasteiger partial charge in [0.25, 0.3) is 5.82 Å². The van der Waals surface area contributed by atoms with E-state index in [9.17, 15) is 5.11 Å². The number of hydrogen-bond donors (Lipinski definition) is 1. The maximum atomic E-state index is 11.5. The van der Waals surface area contributed by atoms with Crippen LogP contribution in [-0.2, 0) is 7.05 Å². The van der Waals surface area contributed by atoms with Crippen LogP contribution >= 0.6 is 0 Å². The molecule has 0 amide bonds. The molecular formula is C10H12N6O. The van der Waals surface area contributed by atoms with E-state index in [1.807, 2.05) is 18.2 Å². The van der Waals surface area contributed by atoms with E-state index in [2.05, 4.69) is 20.7 Å². The molecule has 0 saturated heterocycles. The highest BCUT2D eigenvalue weighted by molar-refractivity contribution is 5.79. The number of benzene rings is 1. The molecule has 7 heteroatoms. The molecule has 88 valence electrons. The standard InChI is InChI=1S/C10H12N6O/c1-8-12-16(14-15(8)2)13-10(17)11-9-6-4-3-5-7-9/h3-7H,1-2H3,(H-,11,13,14,17). The summed E-state index contributed by atoms with van der Waals surface area (Å²) in [6, 6.07) is 8.43. The summed E-state index contributed by atoms with van der Waals surface area (Å²) in [5, 5.41) is 19.4. The number of amidine groups is 1. The van der Waals surface area contributed by atoms with Crippen LogP contribution in [0, 0.1) is 6.92 Å². The minimum Gasteiger partial charge on any atom is -0.844 e. The monoisotopic (exact) mass is 232 g/mol. The molecule has 0 aliphatic rings. The maximum absolute atomic E-state index is 11.5. The highest BCUT2D eigenvalue weighted by Crippen LogP contribution is 2.08. The van der Waals surface area contributed by atoms with Crippen molar-refractivity contribution in [2.24, 2.45) is 12.0 Å². The predicted octanol–water partition coefficient (Wildman–Crippen LogP) is -0.997. The zero-order valence-electron chi connectivity index (χ0n) is 9.53. The number of aliphatic imine (C=N–C) groups is 1. The van der Waals surface area contributed by atoms with E-state index >= 15 is 0 Å². The second-order valence-corrected chi connectivity index (χ2v) is 3.41. The Morgan fingerprint density at radius 1 is 1.41 bits per heavy atom. The largest absolute Gasteiger partial charge is 0.844 e. The molecule has 0 fully saturated rings. The molecule has 1 aromatic carbocycles. The lowest BCUT2D eigenvalue weighted by Crippen LogP contribution is -2.38. The third kappa shape index (κ3) is 2.77. The third-order valence-corrected chi connectivity index (χ3v) is 2.11. The second kappa shape index (κ2) is 4.60. The van der Waals surface area contributed by atoms with Crippen molar-refractivity contribution in [1.82, 2.24) is 15.2 Å². The molecule has 0 aliphatic carbocycles. The molecule has 0 unspecified atom stereocenters. The molecule has 2 rings (SSSR count). The molecule has 0 saturated carbocycles. The van der Waals surface area contributed by atoms with E-state index in [-0.39, 0.29) is 0 Å². The number of para-hydroxylation sites is 1. The molecule has 17 heavy (non-hydrogen) atoms. The zero-order valence-corrected chi connectivity index (χ0v) is 9.53. The minimum absolute atomic E-state index is 0.521. The SMILES string of the molecule is Cc1nn(NC([O-])=Nc2ccccc2)n[n+]1C. The fourth-order valence-corrected chi connectivity index (χ4v) is 1.19. The van der Waals surface area contributed by atoms with Crippen molar-refractivity contribution in [2.45, 2.75) is 6.92 Å². The van der Waals surface area contributed by atoms with Crippen LogP contribution in [0.3, 0.4) is 0 Å². The van der Waals surface area contributed by atoms with Crippen molar-refractivity contribution in [2.75, 3.05) is 5.43 Å². The van der Waals surface area contributed by atoms with E-state index in [4.69, 9.17) is 0 Å². The van der Waals surface area contributed by atoms with Gasteiger partial charge in [-0.1, -0.05) is 18.2 Å². The fraction of sp³-hybridized carbons (Fsp3) is 0.200. The Balaban J connectivity index is 2.11. The van der Waals surface area contributed by atoms with Crippen LogP contribution in [0.4, 0.5) is 5.69 Å². The number of hydrogen-bond acceptors (Lipinski definition) is 4. The first-order valence-corrected chi connectivity index (χ1v) is 5.03. The molecule has 0 bridgehead atoms. The number of rotatable bonds is 2. The maximum Gasteiger partial charge on any atom is 0.297 e. The van der Waals surface area contributed by atoms with E-state index < -0.39 is 6.02 Å². The topological polar surface area (TPSA) is 82.0 Å². The first kappa shape index (κ1) is 11.1. The quantitative estimate of drug-likeness (QED) is 0.409. The van der Waals surface area contributed by atoms with Gasteiger partial charge in [-0.3, -0.25) is 0 Å². The average Bonchev–Trinajstić information content (AvgIpc) is 2.59. The molecule has 7 nitrogen and oxygen atoms in total. The lowest BCUT2D eigenvalue weighted by molar-refractivity contribution is -0.738. The van der Waals surface area contributed by atoms with E-state index in [0.29, 0.717) is 11.5 Å². The van der Waals surface area contributed by atoms with Crippen molar-refractivity contribution >= 4 is 11.7 Å². The van der Waals surface area contributed by atoms with Crippen LogP contribution in [0.5, 0.6) is 0 Å². The van der Waals surface area contributed by atoms with E-state index in [1.54, 1.807) is 30.8 Å². The number of nitrogens with zero attached hydrogens (tertiary/aromatic N) is 5. The van der Waals surface area contributed by atoms with Crippen molar-refractivity contribution in [3.8, 4) is 0 Å². The summed E-state index contributed by atoms with van der Waals surface area (Å²) in [5.74, 6) is 0.685. The lowest BCUT2D eigenvalue weighted by atomic mass is 10.3. The molecule has 0 atom stereocenters. The minimum atomic E-state index is -0.521. The third-order valence-electron chi connectivity index (χ3n) is 2.11. The Kier molecular flexibility index (Phi) is 2.99. The summed E-state index contributed by atoms with van der Waals surface area (Å²) in [6.45, 7) is 1.78. The van der Waals surface area contributed by atoms with Gasteiger partial charge in [0.2, 0.25) is 0 Å². The van der Waals surface area contributed by atoms with Gasteiger partial charge >= 0.3 is 0 Å². The Hall–Kier alpha value is -2.44. The van der Waals surface area contributed by atoms with Crippen LogP contribution in [0.2, 0.25) is 0 Å². The van der Waals surface area contributed by atoms with Crippen LogP contribution in [0.1, 0.15) is 5.82 Å². The number of tetrazole rings is 1. The Bertz CT molecular complexity index is 513. The predicted molar refractivity (Wildman–Crippen MR) is 58.8 cm³/mol. The molecule has 1 heterocycles. The molecular weight excluding hydrogens is 220 g/mol. The highest BCUT2D eigenvalue weighted by atomic mass is 16.3. The van der Waals surface area contributed by atoms with Crippen LogP contribution in [0.25, 0.3) is 0 Å². The first-order valence-electron chi connectivity index (χ1n) is 5.03. The summed E-state index contributed by atoms with van der Waals surface area (Å²) in [6.07, 6.45) is 0. The molecule has 2 aromatic rings. The van der Waals surface area contributed by atoms with Crippen LogP contribution < -0.4 is 15.2 Å². The molecule has 1 N–H and O–H groups in total. The molecule has 1 aromatic heterocycles. The van der Waals surface area contributed by atoms with E-state index in [1.165, 1.54) is 0 Å². The summed E-state index contributed by atoms with van der Waals surface area (Å²) in [7, 11) is 1.74. The first-order chi connectivity index (χ1) is 8.15. The van der Waals surface area contributed by atoms with Crippen molar-refractivity contribution in [3.63, 3.8) is 0 Å². The smallest absolute Gasteiger partial charge is 0.297 e. The van der Waals surface area contributed by atoms with Crippen LogP contribution in [0.15, 0.2) is 35.3 Å². The van der Waals surface area contributed by atoms with Gasteiger partial charge in [-0.2, -0.15) is 5.43 Å². The number of nitrogens with one attached hydrogen (secondary N) is 1. The molecule has 0 spiro atoms. The Labute approximate surface area is 98.0 Å². The Morgan fingerprint density at radius 2 is 2.12 bits per heavy atom. The number of aryl methyl sites for hydroxylation is 2. The average molecular weight is 232 g/mol. The van der Waals surface area contributed by atoms with Crippen molar-refractivity contribution < 1.29 is 9.79 Å². The molecule has 0 radical (unpaired) electrons.